The Morgan fingerprint density at radius 2 is 1.32 bits per heavy atom. The molecule has 3 nitrogen and oxygen atoms in total. The summed E-state index contributed by atoms with van der Waals surface area (Å²) in [5.74, 6) is 2.88. The van der Waals surface area contributed by atoms with Crippen LogP contribution in [-0.4, -0.2) is 72.6 Å². The van der Waals surface area contributed by atoms with Crippen molar-refractivity contribution in [3.63, 3.8) is 0 Å². The van der Waals surface area contributed by atoms with E-state index in [1.165, 1.54) is 84.3 Å². The van der Waals surface area contributed by atoms with Crippen molar-refractivity contribution in [2.24, 2.45) is 17.8 Å². The van der Waals surface area contributed by atoms with E-state index in [1.54, 1.807) is 0 Å². The third-order valence-corrected chi connectivity index (χ3v) is 7.50. The second kappa shape index (κ2) is 9.19. The van der Waals surface area contributed by atoms with Crippen LogP contribution >= 0.6 is 0 Å². The molecule has 0 radical (unpaired) electrons. The van der Waals surface area contributed by atoms with Gasteiger partial charge in [-0.15, -0.1) is 0 Å². The molecular weight excluding hydrogens is 306 g/mol. The lowest BCUT2D eigenvalue weighted by Gasteiger charge is -2.44. The molecule has 1 aliphatic carbocycles. The van der Waals surface area contributed by atoms with E-state index in [0.717, 1.165) is 29.8 Å². The van der Waals surface area contributed by atoms with Gasteiger partial charge in [-0.05, 0) is 83.2 Å². The molecule has 0 unspecified atom stereocenters. The van der Waals surface area contributed by atoms with Crippen LogP contribution in [0.15, 0.2) is 0 Å². The summed E-state index contributed by atoms with van der Waals surface area (Å²) in [6.45, 7) is 18.8. The van der Waals surface area contributed by atoms with E-state index in [-0.39, 0.29) is 0 Å². The van der Waals surface area contributed by atoms with Crippen molar-refractivity contribution >= 4 is 0 Å². The van der Waals surface area contributed by atoms with Gasteiger partial charge in [0.15, 0.2) is 0 Å². The fourth-order valence-corrected chi connectivity index (χ4v) is 5.48. The zero-order valence-electron chi connectivity index (χ0n) is 17.4. The lowest BCUT2D eigenvalue weighted by atomic mass is 9.77. The second-order valence-corrected chi connectivity index (χ2v) is 9.72. The molecule has 25 heavy (non-hydrogen) atoms. The average molecular weight is 350 g/mol. The first-order valence-corrected chi connectivity index (χ1v) is 11.2. The Hall–Kier alpha value is -0.120. The van der Waals surface area contributed by atoms with Gasteiger partial charge in [-0.2, -0.15) is 0 Å². The smallest absolute Gasteiger partial charge is 0.0121 e. The van der Waals surface area contributed by atoms with E-state index in [4.69, 9.17) is 0 Å². The van der Waals surface area contributed by atoms with Crippen LogP contribution in [0, 0.1) is 17.8 Å². The van der Waals surface area contributed by atoms with Gasteiger partial charge in [0.05, 0.1) is 0 Å². The molecule has 0 atom stereocenters. The third-order valence-electron chi connectivity index (χ3n) is 7.50. The lowest BCUT2D eigenvalue weighted by molar-refractivity contribution is 0.0431. The van der Waals surface area contributed by atoms with Crippen molar-refractivity contribution in [1.82, 2.24) is 14.7 Å². The highest BCUT2D eigenvalue weighted by atomic mass is 15.3. The van der Waals surface area contributed by atoms with Gasteiger partial charge in [-0.3, -0.25) is 4.90 Å². The molecule has 3 heteroatoms. The molecule has 146 valence electrons. The van der Waals surface area contributed by atoms with Gasteiger partial charge in [0.2, 0.25) is 0 Å². The standard InChI is InChI=1S/C22H43N3/c1-18(2)21-7-5-20(6-8-21)17-23-13-15-25(16-14-23)22-9-11-24(12-10-22)19(3)4/h18-22H,5-17H2,1-4H3. The zero-order chi connectivity index (χ0) is 17.8. The molecule has 0 N–H and O–H groups in total. The predicted octanol–water partition coefficient (Wildman–Crippen LogP) is 3.94. The van der Waals surface area contributed by atoms with Crippen molar-refractivity contribution in [2.45, 2.75) is 78.3 Å². The van der Waals surface area contributed by atoms with E-state index in [0.29, 0.717) is 0 Å². The monoisotopic (exact) mass is 349 g/mol. The highest BCUT2D eigenvalue weighted by Crippen LogP contribution is 2.33. The molecule has 0 aromatic carbocycles. The topological polar surface area (TPSA) is 9.72 Å². The normalized spacial score (nSPS) is 31.9. The molecule has 2 heterocycles. The summed E-state index contributed by atoms with van der Waals surface area (Å²) in [6, 6.07) is 1.59. The quantitative estimate of drug-likeness (QED) is 0.744. The average Bonchev–Trinajstić information content (AvgIpc) is 2.63. The fraction of sp³-hybridized carbons (Fsp3) is 1.00. The van der Waals surface area contributed by atoms with E-state index in [1.807, 2.05) is 0 Å². The minimum absolute atomic E-state index is 0.726. The van der Waals surface area contributed by atoms with Crippen molar-refractivity contribution in [2.75, 3.05) is 45.8 Å². The number of likely N-dealkylation sites (tertiary alicyclic amines) is 1. The Morgan fingerprint density at radius 1 is 0.720 bits per heavy atom. The van der Waals surface area contributed by atoms with Gasteiger partial charge in [0.1, 0.15) is 0 Å². The van der Waals surface area contributed by atoms with E-state index in [2.05, 4.69) is 42.4 Å². The minimum atomic E-state index is 0.726. The largest absolute Gasteiger partial charge is 0.301 e. The second-order valence-electron chi connectivity index (χ2n) is 9.72. The molecule has 3 fully saturated rings. The number of rotatable bonds is 5. The molecule has 2 aliphatic heterocycles. The van der Waals surface area contributed by atoms with Gasteiger partial charge in [0, 0.05) is 44.8 Å². The van der Waals surface area contributed by atoms with Crippen LogP contribution in [0.1, 0.15) is 66.2 Å². The molecule has 0 spiro atoms. The van der Waals surface area contributed by atoms with Gasteiger partial charge in [-0.25, -0.2) is 0 Å². The number of piperazine rings is 1. The van der Waals surface area contributed by atoms with Crippen LogP contribution in [0.3, 0.4) is 0 Å². The van der Waals surface area contributed by atoms with Crippen LogP contribution < -0.4 is 0 Å². The molecule has 3 rings (SSSR count). The van der Waals surface area contributed by atoms with Crippen LogP contribution in [0.25, 0.3) is 0 Å². The lowest BCUT2D eigenvalue weighted by Crippen LogP contribution is -2.54. The molecule has 0 bridgehead atoms. The SMILES string of the molecule is CC(C)C1CCC(CN2CCN(C3CCN(C(C)C)CC3)CC2)CC1. The maximum Gasteiger partial charge on any atom is 0.0121 e. The van der Waals surface area contributed by atoms with Gasteiger partial charge in [0.25, 0.3) is 0 Å². The Balaban J connectivity index is 1.34. The number of hydrogen-bond acceptors (Lipinski definition) is 3. The summed E-state index contributed by atoms with van der Waals surface area (Å²) in [7, 11) is 0. The van der Waals surface area contributed by atoms with Crippen molar-refractivity contribution < 1.29 is 0 Å². The molecule has 0 amide bonds. The minimum Gasteiger partial charge on any atom is -0.301 e. The van der Waals surface area contributed by atoms with E-state index in [9.17, 15) is 0 Å². The molecule has 2 saturated heterocycles. The fourth-order valence-electron chi connectivity index (χ4n) is 5.48. The first-order chi connectivity index (χ1) is 12.0. The number of piperidine rings is 1. The molecule has 0 aromatic rings. The Morgan fingerprint density at radius 3 is 1.84 bits per heavy atom. The molecule has 3 aliphatic rings. The Kier molecular flexibility index (Phi) is 7.22. The van der Waals surface area contributed by atoms with Crippen LogP contribution in [-0.2, 0) is 0 Å². The van der Waals surface area contributed by atoms with Crippen LogP contribution in [0.5, 0.6) is 0 Å². The van der Waals surface area contributed by atoms with Crippen molar-refractivity contribution in [3.8, 4) is 0 Å². The highest BCUT2D eigenvalue weighted by molar-refractivity contribution is 4.85. The van der Waals surface area contributed by atoms with E-state index < -0.39 is 0 Å². The third kappa shape index (κ3) is 5.43. The van der Waals surface area contributed by atoms with Gasteiger partial charge < -0.3 is 9.80 Å². The first kappa shape index (κ1) is 19.6. The van der Waals surface area contributed by atoms with Crippen molar-refractivity contribution in [3.05, 3.63) is 0 Å². The Labute approximate surface area is 157 Å². The maximum absolute atomic E-state index is 2.81. The summed E-state index contributed by atoms with van der Waals surface area (Å²) >= 11 is 0. The first-order valence-electron chi connectivity index (χ1n) is 11.2. The summed E-state index contributed by atoms with van der Waals surface area (Å²) in [5.41, 5.74) is 0. The highest BCUT2D eigenvalue weighted by Gasteiger charge is 2.30. The summed E-state index contributed by atoms with van der Waals surface area (Å²) in [4.78, 5) is 8.24. The zero-order valence-corrected chi connectivity index (χ0v) is 17.4. The number of nitrogens with zero attached hydrogens (tertiary/aromatic N) is 3. The van der Waals surface area contributed by atoms with Crippen LogP contribution in [0.4, 0.5) is 0 Å². The van der Waals surface area contributed by atoms with Crippen molar-refractivity contribution in [1.29, 1.82) is 0 Å². The molecule has 0 aromatic heterocycles. The Bertz CT molecular complexity index is 371. The summed E-state index contributed by atoms with van der Waals surface area (Å²) in [5, 5.41) is 0. The van der Waals surface area contributed by atoms with Gasteiger partial charge in [-0.1, -0.05) is 13.8 Å². The molecule has 1 saturated carbocycles. The maximum atomic E-state index is 2.81. The number of hydrogen-bond donors (Lipinski definition) is 0. The molecular formula is C22H43N3. The summed E-state index contributed by atoms with van der Waals surface area (Å²) < 4.78 is 0. The van der Waals surface area contributed by atoms with Crippen LogP contribution in [0.2, 0.25) is 0 Å². The van der Waals surface area contributed by atoms with Gasteiger partial charge >= 0.3 is 0 Å². The predicted molar refractivity (Wildman–Crippen MR) is 108 cm³/mol. The van der Waals surface area contributed by atoms with E-state index >= 15 is 0 Å². The summed E-state index contributed by atoms with van der Waals surface area (Å²) in [6.07, 6.45) is 8.70.